The molecule has 3 nitrogen and oxygen atoms in total. The largest absolute Gasteiger partial charge is 0.348 e. The molecule has 1 fully saturated rings. The van der Waals surface area contributed by atoms with E-state index in [1.807, 2.05) is 0 Å². The summed E-state index contributed by atoms with van der Waals surface area (Å²) in [6.45, 7) is 0. The Balaban J connectivity index is 2.16. The Kier molecular flexibility index (Phi) is 3.56. The van der Waals surface area contributed by atoms with Crippen molar-refractivity contribution in [3.8, 4) is 0 Å². The molecule has 0 spiro atoms. The second kappa shape index (κ2) is 4.97. The average Bonchev–Trinajstić information content (AvgIpc) is 2.72. The van der Waals surface area contributed by atoms with Crippen molar-refractivity contribution in [2.24, 2.45) is 5.73 Å². The third kappa shape index (κ3) is 2.33. The summed E-state index contributed by atoms with van der Waals surface area (Å²) in [6, 6.07) is 1.22. The molecule has 6 heteroatoms. The third-order valence-corrected chi connectivity index (χ3v) is 3.17. The normalized spacial score (nSPS) is 23.1. The molecule has 0 radical (unpaired) electrons. The fourth-order valence-electron chi connectivity index (χ4n) is 2.12. The summed E-state index contributed by atoms with van der Waals surface area (Å²) in [5, 5.41) is 2.54. The molecular formula is C12H13F3N2O. The maximum absolute atomic E-state index is 13.4. The van der Waals surface area contributed by atoms with Gasteiger partial charge in [-0.2, -0.15) is 0 Å². The van der Waals surface area contributed by atoms with Crippen LogP contribution in [0.1, 0.15) is 29.6 Å². The molecule has 1 saturated carbocycles. The molecule has 1 aliphatic carbocycles. The van der Waals surface area contributed by atoms with Crippen molar-refractivity contribution in [1.29, 1.82) is 0 Å². The summed E-state index contributed by atoms with van der Waals surface area (Å²) in [5.41, 5.74) is 5.25. The van der Waals surface area contributed by atoms with Crippen LogP contribution in [0.3, 0.4) is 0 Å². The Hall–Kier alpha value is -1.56. The summed E-state index contributed by atoms with van der Waals surface area (Å²) in [6.07, 6.45) is 2.37. The quantitative estimate of drug-likeness (QED) is 0.793. The van der Waals surface area contributed by atoms with E-state index in [1.54, 1.807) is 0 Å². The zero-order valence-corrected chi connectivity index (χ0v) is 9.55. The van der Waals surface area contributed by atoms with Crippen LogP contribution in [0.2, 0.25) is 0 Å². The van der Waals surface area contributed by atoms with Crippen molar-refractivity contribution in [1.82, 2.24) is 5.32 Å². The standard InChI is InChI=1S/C12H13F3N2O/c13-7-5-4-6(10(14)11(7)15)12(18)17-9-3-1-2-8(9)16/h4-5,8-9H,1-3,16H2,(H,17,18). The van der Waals surface area contributed by atoms with Crippen molar-refractivity contribution in [2.45, 2.75) is 31.3 Å². The van der Waals surface area contributed by atoms with Crippen LogP contribution in [0.15, 0.2) is 12.1 Å². The van der Waals surface area contributed by atoms with Gasteiger partial charge in [0.2, 0.25) is 0 Å². The van der Waals surface area contributed by atoms with Gasteiger partial charge in [0.25, 0.3) is 5.91 Å². The number of halogens is 3. The molecular weight excluding hydrogens is 245 g/mol. The molecule has 1 amide bonds. The van der Waals surface area contributed by atoms with E-state index >= 15 is 0 Å². The van der Waals surface area contributed by atoms with Gasteiger partial charge in [0.1, 0.15) is 0 Å². The molecule has 2 unspecified atom stereocenters. The summed E-state index contributed by atoms with van der Waals surface area (Å²) < 4.78 is 39.1. The third-order valence-electron chi connectivity index (χ3n) is 3.17. The van der Waals surface area contributed by atoms with Crippen molar-refractivity contribution >= 4 is 5.91 Å². The molecule has 2 atom stereocenters. The molecule has 0 aromatic heterocycles. The van der Waals surface area contributed by atoms with E-state index in [1.165, 1.54) is 0 Å². The summed E-state index contributed by atoms with van der Waals surface area (Å²) >= 11 is 0. The minimum absolute atomic E-state index is 0.178. The van der Waals surface area contributed by atoms with Gasteiger partial charge in [0, 0.05) is 12.1 Å². The molecule has 18 heavy (non-hydrogen) atoms. The van der Waals surface area contributed by atoms with Crippen molar-refractivity contribution in [2.75, 3.05) is 0 Å². The molecule has 0 bridgehead atoms. The Morgan fingerprint density at radius 1 is 1.22 bits per heavy atom. The molecule has 98 valence electrons. The van der Waals surface area contributed by atoms with Crippen LogP contribution >= 0.6 is 0 Å². The first-order valence-electron chi connectivity index (χ1n) is 5.70. The number of carbonyl (C=O) groups is 1. The Morgan fingerprint density at radius 2 is 1.94 bits per heavy atom. The number of rotatable bonds is 2. The van der Waals surface area contributed by atoms with E-state index in [4.69, 9.17) is 5.73 Å². The highest BCUT2D eigenvalue weighted by Gasteiger charge is 2.27. The Labute approximate surface area is 102 Å². The second-order valence-corrected chi connectivity index (χ2v) is 4.40. The van der Waals surface area contributed by atoms with Crippen LogP contribution in [-0.2, 0) is 0 Å². The maximum Gasteiger partial charge on any atom is 0.254 e. The molecule has 0 aliphatic heterocycles. The predicted molar refractivity (Wildman–Crippen MR) is 59.4 cm³/mol. The summed E-state index contributed by atoms with van der Waals surface area (Å²) in [4.78, 5) is 11.7. The fraction of sp³-hybridized carbons (Fsp3) is 0.417. The van der Waals surface area contributed by atoms with Crippen LogP contribution in [0.25, 0.3) is 0 Å². The predicted octanol–water partition coefficient (Wildman–Crippen LogP) is 1.71. The summed E-state index contributed by atoms with van der Waals surface area (Å²) in [5.74, 6) is -5.20. The number of nitrogens with one attached hydrogen (secondary N) is 1. The molecule has 1 aromatic carbocycles. The number of hydrogen-bond acceptors (Lipinski definition) is 2. The lowest BCUT2D eigenvalue weighted by Gasteiger charge is -2.17. The van der Waals surface area contributed by atoms with Gasteiger partial charge in [0.15, 0.2) is 17.5 Å². The first-order chi connectivity index (χ1) is 8.50. The van der Waals surface area contributed by atoms with E-state index in [9.17, 15) is 18.0 Å². The SMILES string of the molecule is NC1CCCC1NC(=O)c1ccc(F)c(F)c1F. The van der Waals surface area contributed by atoms with Crippen LogP contribution < -0.4 is 11.1 Å². The van der Waals surface area contributed by atoms with Gasteiger partial charge in [0.05, 0.1) is 5.56 Å². The molecule has 2 rings (SSSR count). The molecule has 1 aliphatic rings. The van der Waals surface area contributed by atoms with Gasteiger partial charge in [-0.15, -0.1) is 0 Å². The lowest BCUT2D eigenvalue weighted by molar-refractivity contribution is 0.0929. The minimum Gasteiger partial charge on any atom is -0.348 e. The first-order valence-corrected chi connectivity index (χ1v) is 5.70. The number of benzene rings is 1. The zero-order valence-electron chi connectivity index (χ0n) is 9.55. The van der Waals surface area contributed by atoms with Crippen molar-refractivity contribution < 1.29 is 18.0 Å². The summed E-state index contributed by atoms with van der Waals surface area (Å²) in [7, 11) is 0. The Bertz CT molecular complexity index is 479. The second-order valence-electron chi connectivity index (χ2n) is 4.40. The van der Waals surface area contributed by atoms with Crippen LogP contribution in [-0.4, -0.2) is 18.0 Å². The topological polar surface area (TPSA) is 55.1 Å². The lowest BCUT2D eigenvalue weighted by atomic mass is 10.1. The number of nitrogens with two attached hydrogens (primary N) is 1. The number of amides is 1. The first kappa shape index (κ1) is 12.9. The van der Waals surface area contributed by atoms with Gasteiger partial charge >= 0.3 is 0 Å². The van der Waals surface area contributed by atoms with E-state index in [0.29, 0.717) is 6.42 Å². The fourth-order valence-corrected chi connectivity index (χ4v) is 2.12. The van der Waals surface area contributed by atoms with Crippen LogP contribution in [0.4, 0.5) is 13.2 Å². The van der Waals surface area contributed by atoms with Gasteiger partial charge < -0.3 is 11.1 Å². The molecule has 0 saturated heterocycles. The van der Waals surface area contributed by atoms with E-state index in [2.05, 4.69) is 5.32 Å². The number of hydrogen-bond donors (Lipinski definition) is 2. The molecule has 0 heterocycles. The van der Waals surface area contributed by atoms with Crippen molar-refractivity contribution in [3.05, 3.63) is 35.1 Å². The van der Waals surface area contributed by atoms with E-state index in [-0.39, 0.29) is 12.1 Å². The number of carbonyl (C=O) groups excluding carboxylic acids is 1. The van der Waals surface area contributed by atoms with E-state index < -0.39 is 28.9 Å². The average molecular weight is 258 g/mol. The van der Waals surface area contributed by atoms with Crippen LogP contribution in [0.5, 0.6) is 0 Å². The highest BCUT2D eigenvalue weighted by Crippen LogP contribution is 2.19. The monoisotopic (exact) mass is 258 g/mol. The maximum atomic E-state index is 13.4. The molecule has 1 aromatic rings. The van der Waals surface area contributed by atoms with E-state index in [0.717, 1.165) is 25.0 Å². The molecule has 3 N–H and O–H groups in total. The van der Waals surface area contributed by atoms with Crippen molar-refractivity contribution in [3.63, 3.8) is 0 Å². The zero-order chi connectivity index (χ0) is 13.3. The Morgan fingerprint density at radius 3 is 2.56 bits per heavy atom. The lowest BCUT2D eigenvalue weighted by Crippen LogP contribution is -2.44. The minimum atomic E-state index is -1.64. The van der Waals surface area contributed by atoms with Crippen LogP contribution in [0, 0.1) is 17.5 Å². The van der Waals surface area contributed by atoms with Gasteiger partial charge in [-0.3, -0.25) is 4.79 Å². The smallest absolute Gasteiger partial charge is 0.254 e. The highest BCUT2D eigenvalue weighted by molar-refractivity contribution is 5.94. The van der Waals surface area contributed by atoms with Gasteiger partial charge in [-0.25, -0.2) is 13.2 Å². The highest BCUT2D eigenvalue weighted by atomic mass is 19.2. The van der Waals surface area contributed by atoms with Gasteiger partial charge in [-0.05, 0) is 31.4 Å². The van der Waals surface area contributed by atoms with Gasteiger partial charge in [-0.1, -0.05) is 0 Å².